The zero-order valence-corrected chi connectivity index (χ0v) is 16.5. The predicted molar refractivity (Wildman–Crippen MR) is 110 cm³/mol. The summed E-state index contributed by atoms with van der Waals surface area (Å²) in [4.78, 5) is 29.1. The lowest BCUT2D eigenvalue weighted by Crippen LogP contribution is -2.12. The van der Waals surface area contributed by atoms with Gasteiger partial charge in [0.2, 0.25) is 0 Å². The molecule has 0 aliphatic carbocycles. The molecule has 0 saturated carbocycles. The van der Waals surface area contributed by atoms with E-state index in [9.17, 15) is 9.59 Å². The number of rotatable bonds is 7. The van der Waals surface area contributed by atoms with Gasteiger partial charge in [0.05, 0.1) is 23.2 Å². The molecule has 1 heterocycles. The summed E-state index contributed by atoms with van der Waals surface area (Å²) in [6, 6.07) is 12.2. The van der Waals surface area contributed by atoms with Crippen molar-refractivity contribution in [3.63, 3.8) is 0 Å². The number of ether oxygens (including phenoxy) is 1. The number of hydrogen-bond donors (Lipinski definition) is 1. The van der Waals surface area contributed by atoms with Gasteiger partial charge >= 0.3 is 5.97 Å². The molecule has 0 fully saturated rings. The lowest BCUT2D eigenvalue weighted by molar-refractivity contribution is 0.0499. The first-order valence-corrected chi connectivity index (χ1v) is 9.57. The molecule has 0 unspecified atom stereocenters. The molecule has 0 bridgehead atoms. The molecule has 0 saturated heterocycles. The number of nitrogens with zero attached hydrogens (tertiary/aromatic N) is 2. The number of amides is 1. The quantitative estimate of drug-likeness (QED) is 0.489. The summed E-state index contributed by atoms with van der Waals surface area (Å²) in [6.45, 7) is 4.52. The van der Waals surface area contributed by atoms with Crippen LogP contribution in [0.2, 0.25) is 0 Å². The molecule has 28 heavy (non-hydrogen) atoms. The zero-order chi connectivity index (χ0) is 20.1. The molecule has 1 aromatic heterocycles. The smallest absolute Gasteiger partial charge is 0.338 e. The lowest BCUT2D eigenvalue weighted by Gasteiger charge is -2.07. The van der Waals surface area contributed by atoms with Gasteiger partial charge in [-0.15, -0.1) is 0 Å². The van der Waals surface area contributed by atoms with Crippen LogP contribution in [-0.2, 0) is 18.2 Å². The molecule has 3 aromatic rings. The predicted octanol–water partition coefficient (Wildman–Crippen LogP) is 4.34. The Bertz CT molecular complexity index is 990. The molecule has 0 aliphatic rings. The van der Waals surface area contributed by atoms with Gasteiger partial charge < -0.3 is 14.6 Å². The highest BCUT2D eigenvalue weighted by Crippen LogP contribution is 2.19. The molecule has 6 nitrogen and oxygen atoms in total. The first-order valence-electron chi connectivity index (χ1n) is 9.57. The van der Waals surface area contributed by atoms with Gasteiger partial charge in [-0.3, -0.25) is 4.79 Å². The average molecular weight is 379 g/mol. The van der Waals surface area contributed by atoms with Crippen LogP contribution in [0.1, 0.15) is 53.2 Å². The van der Waals surface area contributed by atoms with Gasteiger partial charge in [-0.1, -0.05) is 20.3 Å². The Kier molecular flexibility index (Phi) is 6.09. The number of anilines is 1. The highest BCUT2D eigenvalue weighted by atomic mass is 16.5. The molecular formula is C22H25N3O3. The van der Waals surface area contributed by atoms with Crippen molar-refractivity contribution in [2.75, 3.05) is 11.9 Å². The number of fused-ring (bicyclic) bond motifs is 1. The molecule has 6 heteroatoms. The van der Waals surface area contributed by atoms with E-state index in [4.69, 9.17) is 4.74 Å². The highest BCUT2D eigenvalue weighted by molar-refractivity contribution is 6.06. The maximum Gasteiger partial charge on any atom is 0.338 e. The summed E-state index contributed by atoms with van der Waals surface area (Å²) >= 11 is 0. The Labute approximate surface area is 164 Å². The zero-order valence-electron chi connectivity index (χ0n) is 16.5. The minimum absolute atomic E-state index is 0.219. The van der Waals surface area contributed by atoms with E-state index >= 15 is 0 Å². The molecule has 0 aliphatic heterocycles. The third-order valence-electron chi connectivity index (χ3n) is 4.66. The number of imidazole rings is 1. The Morgan fingerprint density at radius 1 is 1.07 bits per heavy atom. The maximum absolute atomic E-state index is 12.6. The van der Waals surface area contributed by atoms with Gasteiger partial charge in [0.15, 0.2) is 0 Å². The van der Waals surface area contributed by atoms with E-state index in [0.29, 0.717) is 23.4 Å². The molecule has 146 valence electrons. The first-order chi connectivity index (χ1) is 13.5. The number of esters is 1. The van der Waals surface area contributed by atoms with Gasteiger partial charge in [0.25, 0.3) is 5.91 Å². The summed E-state index contributed by atoms with van der Waals surface area (Å²) < 4.78 is 7.22. The molecule has 1 N–H and O–H groups in total. The van der Waals surface area contributed by atoms with Crippen LogP contribution in [0, 0.1) is 0 Å². The van der Waals surface area contributed by atoms with Gasteiger partial charge in [-0.2, -0.15) is 0 Å². The van der Waals surface area contributed by atoms with Crippen molar-refractivity contribution in [2.45, 2.75) is 33.1 Å². The second-order valence-electron chi connectivity index (χ2n) is 6.67. The monoisotopic (exact) mass is 379 g/mol. The van der Waals surface area contributed by atoms with Crippen LogP contribution >= 0.6 is 0 Å². The van der Waals surface area contributed by atoms with Gasteiger partial charge in [-0.25, -0.2) is 9.78 Å². The van der Waals surface area contributed by atoms with Crippen LogP contribution in [0.5, 0.6) is 0 Å². The van der Waals surface area contributed by atoms with E-state index < -0.39 is 0 Å². The number of benzene rings is 2. The summed E-state index contributed by atoms with van der Waals surface area (Å²) in [7, 11) is 1.97. The summed E-state index contributed by atoms with van der Waals surface area (Å²) in [5.41, 5.74) is 3.43. The van der Waals surface area contributed by atoms with E-state index in [-0.39, 0.29) is 11.9 Å². The minimum atomic E-state index is -0.348. The second-order valence-corrected chi connectivity index (χ2v) is 6.67. The van der Waals surface area contributed by atoms with Crippen LogP contribution in [0.15, 0.2) is 42.5 Å². The van der Waals surface area contributed by atoms with Gasteiger partial charge in [-0.05, 0) is 48.9 Å². The van der Waals surface area contributed by atoms with E-state index in [1.807, 2.05) is 24.6 Å². The SMILES string of the molecule is CCCCOC(=O)c1ccc(NC(=O)c2ccc3c(c2)nc(CC)n3C)cc1. The summed E-state index contributed by atoms with van der Waals surface area (Å²) in [5, 5.41) is 2.85. The average Bonchev–Trinajstić information content (AvgIpc) is 3.03. The van der Waals surface area contributed by atoms with Crippen molar-refractivity contribution >= 4 is 28.6 Å². The van der Waals surface area contributed by atoms with Gasteiger partial charge in [0.1, 0.15) is 5.82 Å². The van der Waals surface area contributed by atoms with Crippen LogP contribution < -0.4 is 5.32 Å². The Morgan fingerprint density at radius 2 is 1.79 bits per heavy atom. The lowest BCUT2D eigenvalue weighted by atomic mass is 10.1. The van der Waals surface area contributed by atoms with Crippen molar-refractivity contribution in [3.05, 3.63) is 59.4 Å². The Morgan fingerprint density at radius 3 is 2.46 bits per heavy atom. The molecular weight excluding hydrogens is 354 g/mol. The summed E-state index contributed by atoms with van der Waals surface area (Å²) in [6.07, 6.45) is 2.66. The fourth-order valence-electron chi connectivity index (χ4n) is 2.99. The minimum Gasteiger partial charge on any atom is -0.462 e. The molecule has 0 radical (unpaired) electrons. The standard InChI is InChI=1S/C22H25N3O3/c1-4-6-13-28-22(27)15-7-10-17(11-8-15)23-21(26)16-9-12-19-18(14-16)24-20(5-2)25(19)3/h7-12,14H,4-6,13H2,1-3H3,(H,23,26). The van der Waals surface area contributed by atoms with Crippen molar-refractivity contribution in [2.24, 2.45) is 7.05 Å². The van der Waals surface area contributed by atoms with Crippen molar-refractivity contribution in [1.29, 1.82) is 0 Å². The number of carbonyl (C=O) groups excluding carboxylic acids is 2. The van der Waals surface area contributed by atoms with Gasteiger partial charge in [0, 0.05) is 24.7 Å². The molecule has 2 aromatic carbocycles. The van der Waals surface area contributed by atoms with Crippen molar-refractivity contribution < 1.29 is 14.3 Å². The molecule has 0 atom stereocenters. The summed E-state index contributed by atoms with van der Waals surface area (Å²) in [5.74, 6) is 0.413. The molecule has 0 spiro atoms. The number of aryl methyl sites for hydroxylation is 2. The second kappa shape index (κ2) is 8.69. The fourth-order valence-corrected chi connectivity index (χ4v) is 2.99. The van der Waals surface area contributed by atoms with Crippen LogP contribution in [0.4, 0.5) is 5.69 Å². The topological polar surface area (TPSA) is 73.2 Å². The molecule has 1 amide bonds. The number of carbonyl (C=O) groups is 2. The largest absolute Gasteiger partial charge is 0.462 e. The number of nitrogens with one attached hydrogen (secondary N) is 1. The first kappa shape index (κ1) is 19.6. The van der Waals surface area contributed by atoms with E-state index in [0.717, 1.165) is 36.1 Å². The number of unbranched alkanes of at least 4 members (excludes halogenated alkanes) is 1. The Balaban J connectivity index is 1.69. The van der Waals surface area contributed by atoms with Crippen LogP contribution in [0.3, 0.4) is 0 Å². The third-order valence-corrected chi connectivity index (χ3v) is 4.66. The normalized spacial score (nSPS) is 10.8. The van der Waals surface area contributed by atoms with Crippen molar-refractivity contribution in [3.8, 4) is 0 Å². The maximum atomic E-state index is 12.6. The molecule has 3 rings (SSSR count). The third kappa shape index (κ3) is 4.22. The van der Waals surface area contributed by atoms with E-state index in [2.05, 4.69) is 17.2 Å². The number of hydrogen-bond acceptors (Lipinski definition) is 4. The van der Waals surface area contributed by atoms with E-state index in [1.54, 1.807) is 36.4 Å². The van der Waals surface area contributed by atoms with E-state index in [1.165, 1.54) is 0 Å². The number of aromatic nitrogens is 2. The van der Waals surface area contributed by atoms with Crippen LogP contribution in [-0.4, -0.2) is 28.0 Å². The highest BCUT2D eigenvalue weighted by Gasteiger charge is 2.12. The van der Waals surface area contributed by atoms with Crippen LogP contribution in [0.25, 0.3) is 11.0 Å². The van der Waals surface area contributed by atoms with Crippen molar-refractivity contribution in [1.82, 2.24) is 9.55 Å². The Hall–Kier alpha value is -3.15. The fraction of sp³-hybridized carbons (Fsp3) is 0.318.